The number of sulfonamides is 1. The van der Waals surface area contributed by atoms with Crippen LogP contribution in [0.25, 0.3) is 0 Å². The van der Waals surface area contributed by atoms with Gasteiger partial charge in [0.25, 0.3) is 10.0 Å². The fraction of sp³-hybridized carbons (Fsp3) is 0.429. The summed E-state index contributed by atoms with van der Waals surface area (Å²) in [5.74, 6) is 0.706. The van der Waals surface area contributed by atoms with E-state index in [9.17, 15) is 8.42 Å². The summed E-state index contributed by atoms with van der Waals surface area (Å²) < 4.78 is 34.1. The standard InChI is InChI=1S/C14H18N4O3S/c1-17-10-14(16-11-17)22(19,20)18-8-2-3-13(9-18)21-12-4-6-15-7-5-12/h4-7,10-11,13H,2-3,8-9H2,1H3/t13-/m0/s1. The van der Waals surface area contributed by atoms with Crippen molar-refractivity contribution in [3.05, 3.63) is 37.1 Å². The number of aryl methyl sites for hydroxylation is 1. The number of aromatic nitrogens is 3. The summed E-state index contributed by atoms with van der Waals surface area (Å²) in [6.07, 6.45) is 7.75. The number of piperidine rings is 1. The third-order valence-electron chi connectivity index (χ3n) is 3.58. The largest absolute Gasteiger partial charge is 0.489 e. The van der Waals surface area contributed by atoms with Crippen LogP contribution in [-0.2, 0) is 17.1 Å². The minimum absolute atomic E-state index is 0.0829. The van der Waals surface area contributed by atoms with E-state index in [-0.39, 0.29) is 11.1 Å². The number of hydrogen-bond acceptors (Lipinski definition) is 5. The lowest BCUT2D eigenvalue weighted by Gasteiger charge is -2.31. The first kappa shape index (κ1) is 15.0. The highest BCUT2D eigenvalue weighted by Crippen LogP contribution is 2.22. The monoisotopic (exact) mass is 322 g/mol. The number of pyridine rings is 1. The topological polar surface area (TPSA) is 77.3 Å². The lowest BCUT2D eigenvalue weighted by atomic mass is 10.1. The molecule has 1 aliphatic heterocycles. The van der Waals surface area contributed by atoms with Crippen molar-refractivity contribution in [1.29, 1.82) is 0 Å². The first-order valence-corrected chi connectivity index (χ1v) is 8.54. The Morgan fingerprint density at radius 1 is 1.32 bits per heavy atom. The summed E-state index contributed by atoms with van der Waals surface area (Å²) in [5.41, 5.74) is 0. The molecule has 0 spiro atoms. The van der Waals surface area contributed by atoms with Gasteiger partial charge in [-0.3, -0.25) is 4.98 Å². The Balaban J connectivity index is 1.73. The van der Waals surface area contributed by atoms with Crippen LogP contribution in [0.4, 0.5) is 0 Å². The van der Waals surface area contributed by atoms with Crippen molar-refractivity contribution in [2.45, 2.75) is 24.0 Å². The van der Waals surface area contributed by atoms with E-state index in [1.807, 2.05) is 0 Å². The molecule has 2 aromatic heterocycles. The van der Waals surface area contributed by atoms with E-state index in [0.717, 1.165) is 12.8 Å². The summed E-state index contributed by atoms with van der Waals surface area (Å²) >= 11 is 0. The fourth-order valence-corrected chi connectivity index (χ4v) is 3.96. The number of ether oxygens (including phenoxy) is 1. The van der Waals surface area contributed by atoms with Gasteiger partial charge in [-0.05, 0) is 25.0 Å². The second-order valence-electron chi connectivity index (χ2n) is 5.31. The first-order valence-electron chi connectivity index (χ1n) is 7.10. The van der Waals surface area contributed by atoms with Gasteiger partial charge in [0.15, 0.2) is 5.03 Å². The summed E-state index contributed by atoms with van der Waals surface area (Å²) in [4.78, 5) is 7.89. The van der Waals surface area contributed by atoms with Gasteiger partial charge in [0.2, 0.25) is 0 Å². The lowest BCUT2D eigenvalue weighted by Crippen LogP contribution is -2.44. The molecular weight excluding hydrogens is 304 g/mol. The fourth-order valence-electron chi connectivity index (χ4n) is 2.48. The summed E-state index contributed by atoms with van der Waals surface area (Å²) in [6, 6.07) is 3.54. The quantitative estimate of drug-likeness (QED) is 0.841. The molecule has 3 heterocycles. The van der Waals surface area contributed by atoms with Gasteiger partial charge in [-0.25, -0.2) is 13.4 Å². The van der Waals surface area contributed by atoms with Crippen molar-refractivity contribution in [3.8, 4) is 5.75 Å². The molecule has 8 heteroatoms. The van der Waals surface area contributed by atoms with Crippen LogP contribution in [-0.4, -0.2) is 46.5 Å². The Kier molecular flexibility index (Phi) is 4.12. The van der Waals surface area contributed by atoms with Crippen molar-refractivity contribution in [2.75, 3.05) is 13.1 Å². The van der Waals surface area contributed by atoms with Crippen molar-refractivity contribution in [1.82, 2.24) is 18.8 Å². The molecule has 0 aromatic carbocycles. The third-order valence-corrected chi connectivity index (χ3v) is 5.33. The number of nitrogens with zero attached hydrogens (tertiary/aromatic N) is 4. The van der Waals surface area contributed by atoms with Crippen LogP contribution in [0.1, 0.15) is 12.8 Å². The smallest absolute Gasteiger partial charge is 0.262 e. The van der Waals surface area contributed by atoms with E-state index in [2.05, 4.69) is 9.97 Å². The molecule has 0 bridgehead atoms. The molecule has 1 fully saturated rings. The molecule has 2 aromatic rings. The van der Waals surface area contributed by atoms with Crippen molar-refractivity contribution in [2.24, 2.45) is 7.05 Å². The summed E-state index contributed by atoms with van der Waals surface area (Å²) in [7, 11) is -1.81. The van der Waals surface area contributed by atoms with Crippen LogP contribution in [0.15, 0.2) is 42.1 Å². The van der Waals surface area contributed by atoms with Gasteiger partial charge >= 0.3 is 0 Å². The third kappa shape index (κ3) is 3.12. The Morgan fingerprint density at radius 3 is 2.77 bits per heavy atom. The molecule has 1 aliphatic rings. The van der Waals surface area contributed by atoms with Crippen LogP contribution >= 0.6 is 0 Å². The molecule has 118 valence electrons. The van der Waals surface area contributed by atoms with Crippen LogP contribution in [0.2, 0.25) is 0 Å². The average molecular weight is 322 g/mol. The van der Waals surface area contributed by atoms with Crippen LogP contribution in [0, 0.1) is 0 Å². The second kappa shape index (κ2) is 6.05. The SMILES string of the molecule is Cn1cnc(S(=O)(=O)N2CCC[C@H](Oc3ccncc3)C2)c1. The van der Waals surface area contributed by atoms with E-state index in [1.165, 1.54) is 16.8 Å². The molecule has 0 radical (unpaired) electrons. The molecule has 1 saturated heterocycles. The molecule has 7 nitrogen and oxygen atoms in total. The molecular formula is C14H18N4O3S. The molecule has 0 saturated carbocycles. The van der Waals surface area contributed by atoms with Gasteiger partial charge in [-0.1, -0.05) is 0 Å². The van der Waals surface area contributed by atoms with E-state index in [4.69, 9.17) is 4.74 Å². The van der Waals surface area contributed by atoms with Crippen LogP contribution in [0.3, 0.4) is 0 Å². The zero-order valence-electron chi connectivity index (χ0n) is 12.3. The minimum atomic E-state index is -3.56. The van der Waals surface area contributed by atoms with Crippen molar-refractivity contribution < 1.29 is 13.2 Å². The van der Waals surface area contributed by atoms with Gasteiger partial charge in [-0.2, -0.15) is 4.31 Å². The molecule has 0 amide bonds. The van der Waals surface area contributed by atoms with E-state index in [0.29, 0.717) is 18.8 Å². The zero-order chi connectivity index (χ0) is 15.6. The van der Waals surface area contributed by atoms with Gasteiger partial charge < -0.3 is 9.30 Å². The van der Waals surface area contributed by atoms with Crippen LogP contribution < -0.4 is 4.74 Å². The predicted octanol–water partition coefficient (Wildman–Crippen LogP) is 1.05. The first-order chi connectivity index (χ1) is 10.6. The van der Waals surface area contributed by atoms with Gasteiger partial charge in [0, 0.05) is 32.2 Å². The highest BCUT2D eigenvalue weighted by atomic mass is 32.2. The molecule has 22 heavy (non-hydrogen) atoms. The maximum Gasteiger partial charge on any atom is 0.262 e. The van der Waals surface area contributed by atoms with E-state index < -0.39 is 10.0 Å². The molecule has 0 N–H and O–H groups in total. The highest BCUT2D eigenvalue weighted by molar-refractivity contribution is 7.89. The zero-order valence-corrected chi connectivity index (χ0v) is 13.1. The maximum atomic E-state index is 12.6. The molecule has 0 aliphatic carbocycles. The summed E-state index contributed by atoms with van der Waals surface area (Å²) in [6.45, 7) is 0.830. The molecule has 0 unspecified atom stereocenters. The van der Waals surface area contributed by atoms with E-state index >= 15 is 0 Å². The Labute approximate surface area is 129 Å². The van der Waals surface area contributed by atoms with Gasteiger partial charge in [0.1, 0.15) is 11.9 Å². The van der Waals surface area contributed by atoms with Gasteiger partial charge in [-0.15, -0.1) is 0 Å². The van der Waals surface area contributed by atoms with Crippen LogP contribution in [0.5, 0.6) is 5.75 Å². The number of hydrogen-bond donors (Lipinski definition) is 0. The average Bonchev–Trinajstić information content (AvgIpc) is 2.96. The lowest BCUT2D eigenvalue weighted by molar-refractivity contribution is 0.129. The Morgan fingerprint density at radius 2 is 2.09 bits per heavy atom. The highest BCUT2D eigenvalue weighted by Gasteiger charge is 2.32. The minimum Gasteiger partial charge on any atom is -0.489 e. The van der Waals surface area contributed by atoms with E-state index in [1.54, 1.807) is 36.1 Å². The Bertz CT molecular complexity index is 730. The summed E-state index contributed by atoms with van der Waals surface area (Å²) in [5, 5.41) is 0.0829. The van der Waals surface area contributed by atoms with Crippen molar-refractivity contribution >= 4 is 10.0 Å². The second-order valence-corrected chi connectivity index (χ2v) is 7.19. The normalized spacial score (nSPS) is 20.0. The Hall–Kier alpha value is -1.93. The maximum absolute atomic E-state index is 12.6. The number of imidazole rings is 1. The van der Waals surface area contributed by atoms with Gasteiger partial charge in [0.05, 0.1) is 12.9 Å². The predicted molar refractivity (Wildman–Crippen MR) is 79.9 cm³/mol. The number of rotatable bonds is 4. The molecule has 3 rings (SSSR count). The molecule has 1 atom stereocenters. The van der Waals surface area contributed by atoms with Crippen molar-refractivity contribution in [3.63, 3.8) is 0 Å².